The molecule has 0 unspecified atom stereocenters. The Hall–Kier alpha value is -2.44. The quantitative estimate of drug-likeness (QED) is 0.454. The number of Topliss-reactive ketones (excluding diaryl/α,β-unsaturated/α-hetero) is 1. The fourth-order valence-electron chi connectivity index (χ4n) is 2.24. The number of esters is 1. The highest BCUT2D eigenvalue weighted by Gasteiger charge is 2.28. The van der Waals surface area contributed by atoms with Crippen molar-refractivity contribution >= 4 is 33.8 Å². The first-order chi connectivity index (χ1) is 11.6. The highest BCUT2D eigenvalue weighted by Crippen LogP contribution is 2.35. The third-order valence-electron chi connectivity index (χ3n) is 3.33. The Kier molecular flexibility index (Phi) is 4.78. The molecule has 0 bridgehead atoms. The number of carbonyl (C=O) groups excluding carboxylic acids is 2. The average molecular weight is 389 g/mol. The molecule has 0 atom stereocenters. The van der Waals surface area contributed by atoms with Crippen molar-refractivity contribution in [3.63, 3.8) is 0 Å². The Labute approximate surface area is 147 Å². The monoisotopic (exact) mass is 388 g/mol. The van der Waals surface area contributed by atoms with Crippen molar-refractivity contribution in [1.82, 2.24) is 0 Å². The molecule has 0 saturated heterocycles. The van der Waals surface area contributed by atoms with Crippen molar-refractivity contribution in [3.8, 4) is 11.5 Å². The first kappa shape index (κ1) is 16.4. The van der Waals surface area contributed by atoms with Crippen LogP contribution in [0.1, 0.15) is 15.9 Å². The van der Waals surface area contributed by atoms with E-state index >= 15 is 0 Å². The van der Waals surface area contributed by atoms with E-state index in [-0.39, 0.29) is 18.1 Å². The van der Waals surface area contributed by atoms with Gasteiger partial charge in [0.2, 0.25) is 5.78 Å². The number of hydrogen-bond acceptors (Lipinski definition) is 5. The Morgan fingerprint density at radius 3 is 2.79 bits per heavy atom. The molecule has 0 spiro atoms. The molecule has 0 aromatic heterocycles. The van der Waals surface area contributed by atoms with Crippen LogP contribution in [0.2, 0.25) is 0 Å². The van der Waals surface area contributed by atoms with Crippen LogP contribution in [0, 0.1) is 0 Å². The fourth-order valence-corrected chi connectivity index (χ4v) is 2.64. The van der Waals surface area contributed by atoms with Gasteiger partial charge in [0.25, 0.3) is 0 Å². The highest BCUT2D eigenvalue weighted by atomic mass is 79.9. The Morgan fingerprint density at radius 2 is 2.04 bits per heavy atom. The minimum Gasteiger partial charge on any atom is -0.452 e. The number of methoxy groups -OCH3 is 1. The predicted molar refractivity (Wildman–Crippen MR) is 91.0 cm³/mol. The predicted octanol–water partition coefficient (Wildman–Crippen LogP) is 3.62. The van der Waals surface area contributed by atoms with Crippen LogP contribution in [0.5, 0.6) is 11.5 Å². The molecule has 0 fully saturated rings. The molecule has 1 heterocycles. The maximum atomic E-state index is 12.4. The van der Waals surface area contributed by atoms with Gasteiger partial charge in [0, 0.05) is 17.6 Å². The summed E-state index contributed by atoms with van der Waals surface area (Å²) in [4.78, 5) is 23.9. The van der Waals surface area contributed by atoms with Crippen molar-refractivity contribution in [3.05, 3.63) is 63.8 Å². The zero-order valence-electron chi connectivity index (χ0n) is 12.7. The number of allylic oxidation sites excluding steroid dienone is 1. The lowest BCUT2D eigenvalue weighted by atomic mass is 10.1. The smallest absolute Gasteiger partial charge is 0.337 e. The molecule has 2 aromatic carbocycles. The first-order valence-corrected chi connectivity index (χ1v) is 7.90. The van der Waals surface area contributed by atoms with Gasteiger partial charge in [-0.05, 0) is 29.8 Å². The normalized spacial score (nSPS) is 14.4. The van der Waals surface area contributed by atoms with E-state index in [1.54, 1.807) is 18.2 Å². The maximum absolute atomic E-state index is 12.4. The molecule has 5 nitrogen and oxygen atoms in total. The van der Waals surface area contributed by atoms with Crippen LogP contribution in [0.3, 0.4) is 0 Å². The van der Waals surface area contributed by atoms with E-state index in [4.69, 9.17) is 14.2 Å². The molecule has 24 heavy (non-hydrogen) atoms. The summed E-state index contributed by atoms with van der Waals surface area (Å²) in [5, 5.41) is 0. The van der Waals surface area contributed by atoms with Gasteiger partial charge >= 0.3 is 5.97 Å². The van der Waals surface area contributed by atoms with Gasteiger partial charge in [-0.15, -0.1) is 0 Å². The molecule has 1 aliphatic heterocycles. The maximum Gasteiger partial charge on any atom is 0.337 e. The van der Waals surface area contributed by atoms with Crippen molar-refractivity contribution in [2.24, 2.45) is 0 Å². The lowest BCUT2D eigenvalue weighted by Gasteiger charge is -2.04. The van der Waals surface area contributed by atoms with E-state index in [1.807, 2.05) is 24.3 Å². The standard InChI is InChI=1S/C18H13BrO5/c1-22-10-17(20)23-12-6-7-13-15(9-12)24-16(18(13)21)8-11-4-2-3-5-14(11)19/h2-9H,10H2,1H3/b16-8-. The topological polar surface area (TPSA) is 61.8 Å². The number of ketones is 1. The van der Waals surface area contributed by atoms with Crippen LogP contribution in [0.4, 0.5) is 0 Å². The van der Waals surface area contributed by atoms with Crippen LogP contribution in [0.15, 0.2) is 52.7 Å². The Balaban J connectivity index is 1.85. The number of fused-ring (bicyclic) bond motifs is 1. The number of rotatable bonds is 4. The zero-order chi connectivity index (χ0) is 17.1. The van der Waals surface area contributed by atoms with E-state index in [2.05, 4.69) is 15.9 Å². The minimum absolute atomic E-state index is 0.149. The van der Waals surface area contributed by atoms with Gasteiger partial charge in [0.15, 0.2) is 5.76 Å². The number of hydrogen-bond donors (Lipinski definition) is 0. The number of benzene rings is 2. The SMILES string of the molecule is COCC(=O)Oc1ccc2c(c1)O/C(=C\c1ccccc1Br)C2=O. The summed E-state index contributed by atoms with van der Waals surface area (Å²) < 4.78 is 16.3. The lowest BCUT2D eigenvalue weighted by Crippen LogP contribution is -2.14. The summed E-state index contributed by atoms with van der Waals surface area (Å²) in [5.41, 5.74) is 1.26. The molecule has 0 saturated carbocycles. The molecule has 1 aliphatic rings. The van der Waals surface area contributed by atoms with Crippen LogP contribution < -0.4 is 9.47 Å². The van der Waals surface area contributed by atoms with E-state index in [9.17, 15) is 9.59 Å². The second kappa shape index (κ2) is 6.98. The number of carbonyl (C=O) groups is 2. The molecular formula is C18H13BrO5. The molecule has 0 aliphatic carbocycles. The van der Waals surface area contributed by atoms with Crippen LogP contribution in [-0.4, -0.2) is 25.5 Å². The minimum atomic E-state index is -0.522. The number of halogens is 1. The van der Waals surface area contributed by atoms with Crippen molar-refractivity contribution in [2.75, 3.05) is 13.7 Å². The summed E-state index contributed by atoms with van der Waals surface area (Å²) in [5.74, 6) is 0.144. The molecule has 0 amide bonds. The number of ether oxygens (including phenoxy) is 3. The van der Waals surface area contributed by atoms with E-state index in [0.29, 0.717) is 17.1 Å². The van der Waals surface area contributed by atoms with Gasteiger partial charge in [0.1, 0.15) is 18.1 Å². The van der Waals surface area contributed by atoms with E-state index in [0.717, 1.165) is 10.0 Å². The first-order valence-electron chi connectivity index (χ1n) is 7.11. The van der Waals surface area contributed by atoms with Gasteiger partial charge in [0.05, 0.1) is 5.56 Å². The van der Waals surface area contributed by atoms with Gasteiger partial charge < -0.3 is 14.2 Å². The largest absolute Gasteiger partial charge is 0.452 e. The second-order valence-corrected chi connectivity index (χ2v) is 5.88. The third kappa shape index (κ3) is 3.39. The molecule has 3 rings (SSSR count). The zero-order valence-corrected chi connectivity index (χ0v) is 14.3. The second-order valence-electron chi connectivity index (χ2n) is 5.03. The molecule has 122 valence electrons. The van der Waals surface area contributed by atoms with Gasteiger partial charge in [-0.1, -0.05) is 34.1 Å². The molecule has 0 radical (unpaired) electrons. The highest BCUT2D eigenvalue weighted by molar-refractivity contribution is 9.10. The van der Waals surface area contributed by atoms with E-state index in [1.165, 1.54) is 13.2 Å². The average Bonchev–Trinajstić information content (AvgIpc) is 2.85. The summed E-state index contributed by atoms with van der Waals surface area (Å²) in [6.45, 7) is -0.149. The molecule has 0 N–H and O–H groups in total. The molecule has 6 heteroatoms. The molecule has 2 aromatic rings. The van der Waals surface area contributed by atoms with Crippen molar-refractivity contribution in [1.29, 1.82) is 0 Å². The van der Waals surface area contributed by atoms with Crippen molar-refractivity contribution in [2.45, 2.75) is 0 Å². The Bertz CT molecular complexity index is 841. The summed E-state index contributed by atoms with van der Waals surface area (Å²) in [7, 11) is 1.41. The third-order valence-corrected chi connectivity index (χ3v) is 4.05. The van der Waals surface area contributed by atoms with Gasteiger partial charge in [-0.25, -0.2) is 4.79 Å². The molecular weight excluding hydrogens is 376 g/mol. The summed E-state index contributed by atoms with van der Waals surface area (Å²) in [6, 6.07) is 12.2. The van der Waals surface area contributed by atoms with E-state index < -0.39 is 5.97 Å². The Morgan fingerprint density at radius 1 is 1.25 bits per heavy atom. The van der Waals surface area contributed by atoms with Gasteiger partial charge in [-0.2, -0.15) is 0 Å². The summed E-state index contributed by atoms with van der Waals surface area (Å²) in [6.07, 6.45) is 1.67. The summed E-state index contributed by atoms with van der Waals surface area (Å²) >= 11 is 3.43. The van der Waals surface area contributed by atoms with Crippen LogP contribution >= 0.6 is 15.9 Å². The van der Waals surface area contributed by atoms with Crippen LogP contribution in [-0.2, 0) is 9.53 Å². The van der Waals surface area contributed by atoms with Crippen LogP contribution in [0.25, 0.3) is 6.08 Å². The van der Waals surface area contributed by atoms with Crippen molar-refractivity contribution < 1.29 is 23.8 Å². The lowest BCUT2D eigenvalue weighted by molar-refractivity contribution is -0.138. The van der Waals surface area contributed by atoms with Gasteiger partial charge in [-0.3, -0.25) is 4.79 Å². The fraction of sp³-hybridized carbons (Fsp3) is 0.111.